The quantitative estimate of drug-likeness (QED) is 0.182. The lowest BCUT2D eigenvalue weighted by molar-refractivity contribution is 0.669. The fraction of sp³-hybridized carbons (Fsp3) is 0. The molecule has 0 aliphatic rings. The van der Waals surface area contributed by atoms with Crippen LogP contribution in [0.15, 0.2) is 197 Å². The Hall–Kier alpha value is -7.10. The summed E-state index contributed by atoms with van der Waals surface area (Å²) in [6.07, 6.45) is 0. The zero-order valence-corrected chi connectivity index (χ0v) is 28.7. The molecule has 0 radical (unpaired) electrons. The first-order valence-electron chi connectivity index (χ1n) is 18.0. The molecule has 11 rings (SSSR count). The average molecular weight is 678 g/mol. The van der Waals surface area contributed by atoms with Crippen molar-refractivity contribution in [2.75, 3.05) is 4.90 Å². The number of nitrogens with zero attached hydrogens (tertiary/aromatic N) is 1. The van der Waals surface area contributed by atoms with Gasteiger partial charge in [-0.2, -0.15) is 0 Å². The van der Waals surface area contributed by atoms with Gasteiger partial charge >= 0.3 is 0 Å². The van der Waals surface area contributed by atoms with Crippen molar-refractivity contribution in [3.05, 3.63) is 188 Å². The minimum absolute atomic E-state index is 0.867. The number of anilines is 3. The van der Waals surface area contributed by atoms with Crippen molar-refractivity contribution >= 4 is 82.5 Å². The molecule has 9 aromatic carbocycles. The Bertz CT molecular complexity index is 3160. The molecular formula is C50H31NO2. The van der Waals surface area contributed by atoms with Gasteiger partial charge in [-0.3, -0.25) is 0 Å². The molecule has 0 unspecified atom stereocenters. The first kappa shape index (κ1) is 29.6. The summed E-state index contributed by atoms with van der Waals surface area (Å²) in [6.45, 7) is 0. The van der Waals surface area contributed by atoms with Gasteiger partial charge < -0.3 is 13.7 Å². The molecule has 0 atom stereocenters. The van der Waals surface area contributed by atoms with E-state index in [0.717, 1.165) is 71.9 Å². The highest BCUT2D eigenvalue weighted by Crippen LogP contribution is 2.41. The Morgan fingerprint density at radius 3 is 1.45 bits per heavy atom. The largest absolute Gasteiger partial charge is 0.456 e. The summed E-state index contributed by atoms with van der Waals surface area (Å²) >= 11 is 0. The maximum atomic E-state index is 6.37. The van der Waals surface area contributed by atoms with E-state index < -0.39 is 0 Å². The molecule has 0 spiro atoms. The third kappa shape index (κ3) is 4.82. The molecule has 248 valence electrons. The number of hydrogen-bond acceptors (Lipinski definition) is 3. The van der Waals surface area contributed by atoms with Gasteiger partial charge in [-0.05, 0) is 104 Å². The second-order valence-corrected chi connectivity index (χ2v) is 13.7. The highest BCUT2D eigenvalue weighted by molar-refractivity contribution is 6.13. The van der Waals surface area contributed by atoms with Crippen LogP contribution in [-0.4, -0.2) is 0 Å². The maximum absolute atomic E-state index is 6.37. The van der Waals surface area contributed by atoms with Crippen LogP contribution < -0.4 is 4.90 Å². The normalized spacial score (nSPS) is 11.8. The van der Waals surface area contributed by atoms with Crippen LogP contribution >= 0.6 is 0 Å². The van der Waals surface area contributed by atoms with E-state index in [1.807, 2.05) is 24.3 Å². The number of rotatable bonds is 5. The zero-order chi connectivity index (χ0) is 34.9. The second kappa shape index (κ2) is 11.7. The molecule has 0 N–H and O–H groups in total. The monoisotopic (exact) mass is 677 g/mol. The standard InChI is InChI=1S/C50H31NO2/c1-2-12-39-32(9-1)10-7-15-40(39)33-19-23-36(24-20-33)51(38-27-28-44-42-13-3-5-17-47(42)53-50(44)30-38)37-25-21-34(22-26-37)41-16-8-11-35-29-49-46(31-45(35)41)43-14-4-6-18-48(43)52-49/h1-31H. The van der Waals surface area contributed by atoms with Crippen LogP contribution in [0.2, 0.25) is 0 Å². The predicted octanol–water partition coefficient (Wildman–Crippen LogP) is 14.6. The number of benzene rings is 9. The minimum atomic E-state index is 0.867. The highest BCUT2D eigenvalue weighted by atomic mass is 16.3. The van der Waals surface area contributed by atoms with Gasteiger partial charge in [0.05, 0.1) is 0 Å². The molecule has 0 aliphatic heterocycles. The summed E-state index contributed by atoms with van der Waals surface area (Å²) in [6, 6.07) is 66.9. The molecule has 0 saturated carbocycles. The Labute approximate surface area is 305 Å². The molecule has 3 nitrogen and oxygen atoms in total. The lowest BCUT2D eigenvalue weighted by Crippen LogP contribution is -2.09. The molecule has 0 fully saturated rings. The molecule has 0 amide bonds. The van der Waals surface area contributed by atoms with Crippen molar-refractivity contribution in [1.29, 1.82) is 0 Å². The summed E-state index contributed by atoms with van der Waals surface area (Å²) in [5.74, 6) is 0. The van der Waals surface area contributed by atoms with Crippen LogP contribution in [0.4, 0.5) is 17.1 Å². The van der Waals surface area contributed by atoms with E-state index in [-0.39, 0.29) is 0 Å². The molecule has 0 aliphatic carbocycles. The molecule has 3 heteroatoms. The van der Waals surface area contributed by atoms with E-state index in [4.69, 9.17) is 8.83 Å². The first-order valence-corrected chi connectivity index (χ1v) is 18.0. The van der Waals surface area contributed by atoms with E-state index in [0.29, 0.717) is 0 Å². The van der Waals surface area contributed by atoms with Gasteiger partial charge in [0.1, 0.15) is 22.3 Å². The zero-order valence-electron chi connectivity index (χ0n) is 28.7. The van der Waals surface area contributed by atoms with Gasteiger partial charge in [-0.25, -0.2) is 0 Å². The van der Waals surface area contributed by atoms with E-state index in [1.165, 1.54) is 32.8 Å². The topological polar surface area (TPSA) is 29.5 Å². The molecule has 0 saturated heterocycles. The molecular weight excluding hydrogens is 647 g/mol. The minimum Gasteiger partial charge on any atom is -0.456 e. The Morgan fingerprint density at radius 2 is 0.774 bits per heavy atom. The van der Waals surface area contributed by atoms with Crippen molar-refractivity contribution < 1.29 is 8.83 Å². The predicted molar refractivity (Wildman–Crippen MR) is 222 cm³/mol. The van der Waals surface area contributed by atoms with E-state index in [1.54, 1.807) is 0 Å². The molecule has 53 heavy (non-hydrogen) atoms. The molecule has 2 heterocycles. The maximum Gasteiger partial charge on any atom is 0.137 e. The van der Waals surface area contributed by atoms with Crippen LogP contribution in [0.25, 0.3) is 87.7 Å². The Balaban J connectivity index is 1.03. The summed E-state index contributed by atoms with van der Waals surface area (Å²) in [4.78, 5) is 2.31. The van der Waals surface area contributed by atoms with Crippen LogP contribution in [0.5, 0.6) is 0 Å². The Kier molecular flexibility index (Phi) is 6.55. The van der Waals surface area contributed by atoms with Crippen LogP contribution in [-0.2, 0) is 0 Å². The third-order valence-electron chi connectivity index (χ3n) is 10.7. The van der Waals surface area contributed by atoms with E-state index >= 15 is 0 Å². The van der Waals surface area contributed by atoms with Crippen molar-refractivity contribution in [2.45, 2.75) is 0 Å². The molecule has 2 aromatic heterocycles. The van der Waals surface area contributed by atoms with Gasteiger partial charge in [0.15, 0.2) is 0 Å². The van der Waals surface area contributed by atoms with Crippen LogP contribution in [0.1, 0.15) is 0 Å². The summed E-state index contributed by atoms with van der Waals surface area (Å²) < 4.78 is 12.6. The van der Waals surface area contributed by atoms with Gasteiger partial charge in [-0.15, -0.1) is 0 Å². The van der Waals surface area contributed by atoms with Crippen LogP contribution in [0, 0.1) is 0 Å². The van der Waals surface area contributed by atoms with Crippen molar-refractivity contribution in [1.82, 2.24) is 0 Å². The second-order valence-electron chi connectivity index (χ2n) is 13.7. The SMILES string of the molecule is c1ccc2c(-c3ccc(N(c4ccc(-c5cccc6cc7oc8ccccc8c7cc56)cc4)c4ccc5c(c4)oc4ccccc45)cc3)cccc2c1. The molecule has 0 bridgehead atoms. The number of furan rings is 2. The fourth-order valence-corrected chi connectivity index (χ4v) is 8.11. The fourth-order valence-electron chi connectivity index (χ4n) is 8.11. The van der Waals surface area contributed by atoms with Gasteiger partial charge in [-0.1, -0.05) is 121 Å². The van der Waals surface area contributed by atoms with Gasteiger partial charge in [0.25, 0.3) is 0 Å². The first-order chi connectivity index (χ1) is 26.2. The number of hydrogen-bond donors (Lipinski definition) is 0. The number of fused-ring (bicyclic) bond motifs is 8. The summed E-state index contributed by atoms with van der Waals surface area (Å²) in [5, 5.41) is 9.36. The summed E-state index contributed by atoms with van der Waals surface area (Å²) in [5.41, 5.74) is 11.5. The summed E-state index contributed by atoms with van der Waals surface area (Å²) in [7, 11) is 0. The smallest absolute Gasteiger partial charge is 0.137 e. The lowest BCUT2D eigenvalue weighted by atomic mass is 9.96. The third-order valence-corrected chi connectivity index (χ3v) is 10.7. The molecule has 11 aromatic rings. The van der Waals surface area contributed by atoms with Crippen molar-refractivity contribution in [2.24, 2.45) is 0 Å². The highest BCUT2D eigenvalue weighted by Gasteiger charge is 2.17. The van der Waals surface area contributed by atoms with Crippen molar-refractivity contribution in [3.8, 4) is 22.3 Å². The van der Waals surface area contributed by atoms with Crippen molar-refractivity contribution in [3.63, 3.8) is 0 Å². The van der Waals surface area contributed by atoms with Gasteiger partial charge in [0.2, 0.25) is 0 Å². The van der Waals surface area contributed by atoms with E-state index in [2.05, 4.69) is 169 Å². The van der Waals surface area contributed by atoms with Gasteiger partial charge in [0, 0.05) is 44.7 Å². The Morgan fingerprint density at radius 1 is 0.283 bits per heavy atom. The number of para-hydroxylation sites is 2. The van der Waals surface area contributed by atoms with Crippen LogP contribution in [0.3, 0.4) is 0 Å². The average Bonchev–Trinajstić information content (AvgIpc) is 3.78. The lowest BCUT2D eigenvalue weighted by Gasteiger charge is -2.26. The van der Waals surface area contributed by atoms with E-state index in [9.17, 15) is 0 Å².